The van der Waals surface area contributed by atoms with Gasteiger partial charge < -0.3 is 4.74 Å². The fourth-order valence-electron chi connectivity index (χ4n) is 2.03. The highest BCUT2D eigenvalue weighted by atomic mass is 35.5. The summed E-state index contributed by atoms with van der Waals surface area (Å²) in [6.07, 6.45) is 1.52. The van der Waals surface area contributed by atoms with Crippen LogP contribution in [0, 0.1) is 5.41 Å². The Balaban J connectivity index is 1.92. The van der Waals surface area contributed by atoms with Gasteiger partial charge in [0.2, 0.25) is 5.88 Å². The molecule has 1 aromatic heterocycles. The van der Waals surface area contributed by atoms with Gasteiger partial charge in [0, 0.05) is 22.9 Å². The van der Waals surface area contributed by atoms with Crippen LogP contribution >= 0.6 is 23.4 Å². The number of hydroxylamine groups is 2. The fourth-order valence-corrected chi connectivity index (χ4v) is 3.12. The first kappa shape index (κ1) is 22.5. The van der Waals surface area contributed by atoms with Crippen molar-refractivity contribution in [2.24, 2.45) is 5.41 Å². The first-order valence-electron chi connectivity index (χ1n) is 8.71. The number of nitrogens with zero attached hydrogens (tertiary/aromatic N) is 2. The second kappa shape index (κ2) is 9.13. The van der Waals surface area contributed by atoms with Crippen LogP contribution in [0.3, 0.4) is 0 Å². The normalized spacial score (nSPS) is 12.0. The van der Waals surface area contributed by atoms with Crippen LogP contribution in [0.25, 0.3) is 0 Å². The van der Waals surface area contributed by atoms with Crippen molar-refractivity contribution in [2.45, 2.75) is 45.1 Å². The number of hydrogen-bond donors (Lipinski definition) is 1. The second-order valence-electron chi connectivity index (χ2n) is 7.84. The molecular formula is C20H25ClN2O4S. The van der Waals surface area contributed by atoms with Crippen molar-refractivity contribution in [2.75, 3.05) is 5.75 Å². The van der Waals surface area contributed by atoms with Gasteiger partial charge in [-0.25, -0.2) is 9.82 Å². The van der Waals surface area contributed by atoms with Crippen molar-refractivity contribution < 1.29 is 19.6 Å². The van der Waals surface area contributed by atoms with Crippen molar-refractivity contribution in [3.05, 3.63) is 47.6 Å². The number of carbonyl (C=O) groups is 1. The highest BCUT2D eigenvalue weighted by Gasteiger charge is 2.34. The predicted molar refractivity (Wildman–Crippen MR) is 110 cm³/mol. The second-order valence-corrected chi connectivity index (χ2v) is 9.33. The van der Waals surface area contributed by atoms with E-state index < -0.39 is 16.9 Å². The van der Waals surface area contributed by atoms with Crippen molar-refractivity contribution in [1.29, 1.82) is 0 Å². The maximum atomic E-state index is 12.4. The van der Waals surface area contributed by atoms with Crippen molar-refractivity contribution in [3.8, 4) is 11.6 Å². The van der Waals surface area contributed by atoms with Crippen LogP contribution in [0.1, 0.15) is 34.6 Å². The number of amides is 1. The molecule has 0 saturated heterocycles. The molecule has 152 valence electrons. The SMILES string of the molecule is CC(C)(C)ON(O)C(=O)C(C)(C)CSc1ccc(Oc2ccc(Cl)cn2)cc1. The molecule has 2 rings (SSSR count). The van der Waals surface area contributed by atoms with Crippen molar-refractivity contribution in [1.82, 2.24) is 10.2 Å². The Morgan fingerprint density at radius 3 is 2.32 bits per heavy atom. The highest BCUT2D eigenvalue weighted by Crippen LogP contribution is 2.31. The lowest BCUT2D eigenvalue weighted by molar-refractivity contribution is -0.355. The lowest BCUT2D eigenvalue weighted by Gasteiger charge is -2.30. The number of carbonyl (C=O) groups excluding carboxylic acids is 1. The molecule has 2 aromatic rings. The van der Waals surface area contributed by atoms with Crippen LogP contribution in [0.4, 0.5) is 0 Å². The van der Waals surface area contributed by atoms with Crippen LogP contribution in [-0.2, 0) is 9.63 Å². The lowest BCUT2D eigenvalue weighted by Crippen LogP contribution is -2.44. The van der Waals surface area contributed by atoms with Gasteiger partial charge in [-0.05, 0) is 51.1 Å². The van der Waals surface area contributed by atoms with Gasteiger partial charge in [0.25, 0.3) is 5.91 Å². The molecule has 0 aliphatic rings. The van der Waals surface area contributed by atoms with E-state index in [1.54, 1.807) is 46.8 Å². The molecule has 28 heavy (non-hydrogen) atoms. The van der Waals surface area contributed by atoms with Gasteiger partial charge in [-0.15, -0.1) is 11.8 Å². The summed E-state index contributed by atoms with van der Waals surface area (Å²) in [6, 6.07) is 10.9. The van der Waals surface area contributed by atoms with Crippen LogP contribution in [-0.4, -0.2) is 32.7 Å². The predicted octanol–water partition coefficient (Wildman–Crippen LogP) is 5.59. The van der Waals surface area contributed by atoms with Crippen LogP contribution in [0.5, 0.6) is 11.6 Å². The zero-order valence-electron chi connectivity index (χ0n) is 16.6. The minimum atomic E-state index is -0.812. The number of halogens is 1. The van der Waals surface area contributed by atoms with E-state index in [1.165, 1.54) is 18.0 Å². The number of aromatic nitrogens is 1. The molecule has 0 aliphatic heterocycles. The lowest BCUT2D eigenvalue weighted by atomic mass is 9.96. The minimum Gasteiger partial charge on any atom is -0.439 e. The Hall–Kier alpha value is -1.80. The molecule has 0 aliphatic carbocycles. The molecule has 6 nitrogen and oxygen atoms in total. The molecule has 1 heterocycles. The zero-order valence-corrected chi connectivity index (χ0v) is 18.2. The molecule has 8 heteroatoms. The number of pyridine rings is 1. The number of hydrogen-bond acceptors (Lipinski definition) is 6. The molecule has 1 aromatic carbocycles. The third-order valence-electron chi connectivity index (χ3n) is 3.46. The van der Waals surface area contributed by atoms with Crippen LogP contribution in [0.2, 0.25) is 5.02 Å². The Morgan fingerprint density at radius 2 is 1.79 bits per heavy atom. The summed E-state index contributed by atoms with van der Waals surface area (Å²) < 4.78 is 5.66. The van der Waals surface area contributed by atoms with E-state index in [-0.39, 0.29) is 0 Å². The number of ether oxygens (including phenoxy) is 1. The van der Waals surface area contributed by atoms with Crippen LogP contribution < -0.4 is 4.74 Å². The Labute approximate surface area is 174 Å². The zero-order chi connectivity index (χ0) is 20.9. The van der Waals surface area contributed by atoms with Gasteiger partial charge in [-0.2, -0.15) is 0 Å². The van der Waals surface area contributed by atoms with Crippen molar-refractivity contribution >= 4 is 29.3 Å². The van der Waals surface area contributed by atoms with E-state index in [4.69, 9.17) is 21.2 Å². The van der Waals surface area contributed by atoms with Crippen LogP contribution in [0.15, 0.2) is 47.5 Å². The molecule has 0 fully saturated rings. The number of benzene rings is 1. The third kappa shape index (κ3) is 6.98. The molecule has 0 bridgehead atoms. The van der Waals surface area contributed by atoms with E-state index in [9.17, 15) is 10.0 Å². The Bertz CT molecular complexity index is 789. The van der Waals surface area contributed by atoms with E-state index >= 15 is 0 Å². The molecule has 0 atom stereocenters. The summed E-state index contributed by atoms with van der Waals surface area (Å²) in [5, 5.41) is 10.8. The van der Waals surface area contributed by atoms with Gasteiger partial charge in [0.1, 0.15) is 5.75 Å². The summed E-state index contributed by atoms with van der Waals surface area (Å²) in [6.45, 7) is 8.81. The summed E-state index contributed by atoms with van der Waals surface area (Å²) >= 11 is 7.31. The average molecular weight is 425 g/mol. The minimum absolute atomic E-state index is 0.344. The summed E-state index contributed by atoms with van der Waals surface area (Å²) in [7, 11) is 0. The highest BCUT2D eigenvalue weighted by molar-refractivity contribution is 7.99. The van der Waals surface area contributed by atoms with E-state index in [1.807, 2.05) is 24.3 Å². The smallest absolute Gasteiger partial charge is 0.279 e. The Kier molecular flexibility index (Phi) is 7.33. The maximum Gasteiger partial charge on any atom is 0.279 e. The van der Waals surface area contributed by atoms with Gasteiger partial charge in [0.05, 0.1) is 16.0 Å². The van der Waals surface area contributed by atoms with E-state index in [2.05, 4.69) is 4.98 Å². The number of thioether (sulfide) groups is 1. The van der Waals surface area contributed by atoms with Gasteiger partial charge in [-0.3, -0.25) is 10.0 Å². The molecule has 0 spiro atoms. The van der Waals surface area contributed by atoms with Crippen molar-refractivity contribution in [3.63, 3.8) is 0 Å². The first-order valence-corrected chi connectivity index (χ1v) is 10.1. The monoisotopic (exact) mass is 424 g/mol. The molecule has 1 N–H and O–H groups in total. The average Bonchev–Trinajstić information content (AvgIpc) is 2.61. The Morgan fingerprint density at radius 1 is 1.14 bits per heavy atom. The van der Waals surface area contributed by atoms with Gasteiger partial charge in [-0.1, -0.05) is 30.7 Å². The molecule has 1 amide bonds. The maximum absolute atomic E-state index is 12.4. The largest absolute Gasteiger partial charge is 0.439 e. The summed E-state index contributed by atoms with van der Waals surface area (Å²) in [5.41, 5.74) is -1.48. The van der Waals surface area contributed by atoms with E-state index in [0.29, 0.717) is 27.6 Å². The summed E-state index contributed by atoms with van der Waals surface area (Å²) in [5.74, 6) is 1.08. The summed E-state index contributed by atoms with van der Waals surface area (Å²) in [4.78, 5) is 22.7. The van der Waals surface area contributed by atoms with Gasteiger partial charge in [0.15, 0.2) is 0 Å². The molecular weight excluding hydrogens is 400 g/mol. The molecule has 0 saturated carbocycles. The number of rotatable bonds is 7. The quantitative estimate of drug-likeness (QED) is 0.354. The topological polar surface area (TPSA) is 71.9 Å². The molecule has 0 radical (unpaired) electrons. The molecule has 0 unspecified atom stereocenters. The van der Waals surface area contributed by atoms with Gasteiger partial charge >= 0.3 is 0 Å². The standard InChI is InChI=1S/C20H25ClN2O4S/c1-19(2,3)27-23(25)18(24)20(4,5)13-28-16-9-7-15(8-10-16)26-17-11-6-14(21)12-22-17/h6-12,25H,13H2,1-5H3. The fraction of sp³-hybridized carbons (Fsp3) is 0.400. The first-order chi connectivity index (χ1) is 13.0. The third-order valence-corrected chi connectivity index (χ3v) is 5.15. The van der Waals surface area contributed by atoms with E-state index in [0.717, 1.165) is 4.90 Å².